The molecule has 0 fully saturated rings. The van der Waals surface area contributed by atoms with Gasteiger partial charge in [0.2, 0.25) is 5.52 Å². The lowest BCUT2D eigenvalue weighted by Gasteiger charge is -2.21. The average Bonchev–Trinajstić information content (AvgIpc) is 3.12. The molecule has 3 nitrogen and oxygen atoms in total. The summed E-state index contributed by atoms with van der Waals surface area (Å²) in [6.45, 7) is 10.7. The second kappa shape index (κ2) is 5.99. The van der Waals surface area contributed by atoms with Crippen LogP contribution >= 0.6 is 0 Å². The molecule has 0 saturated carbocycles. The zero-order valence-corrected chi connectivity index (χ0v) is 19.5. The number of aryl methyl sites for hydroxylation is 4. The van der Waals surface area contributed by atoms with Gasteiger partial charge in [0.1, 0.15) is 7.05 Å². The average molecular weight is 417 g/mol. The van der Waals surface area contributed by atoms with Gasteiger partial charge < -0.3 is 4.40 Å². The Morgan fingerprint density at radius 1 is 0.906 bits per heavy atom. The molecule has 0 atom stereocenters. The summed E-state index contributed by atoms with van der Waals surface area (Å²) in [5.74, 6) is 0. The Bertz CT molecular complexity index is 1790. The van der Waals surface area contributed by atoms with Gasteiger partial charge in [-0.05, 0) is 74.4 Å². The van der Waals surface area contributed by atoms with Gasteiger partial charge in [-0.1, -0.05) is 24.3 Å². The molecule has 0 amide bonds. The van der Waals surface area contributed by atoms with Gasteiger partial charge in [-0.2, -0.15) is 5.26 Å². The van der Waals surface area contributed by atoms with E-state index >= 15 is 0 Å². The lowest BCUT2D eigenvalue weighted by Crippen LogP contribution is -2.29. The normalized spacial score (nSPS) is 12.7. The van der Waals surface area contributed by atoms with Gasteiger partial charge in [0.15, 0.2) is 6.20 Å². The molecule has 0 saturated heterocycles. The van der Waals surface area contributed by atoms with E-state index in [9.17, 15) is 5.26 Å². The molecule has 3 aromatic carbocycles. The highest BCUT2D eigenvalue weighted by Crippen LogP contribution is 2.45. The molecular weight excluding hydrogens is 390 g/mol. The molecule has 0 aliphatic carbocycles. The fourth-order valence-corrected chi connectivity index (χ4v) is 5.75. The first-order valence-electron chi connectivity index (χ1n) is 11.2. The third-order valence-electron chi connectivity index (χ3n) is 7.46. The maximum Gasteiger partial charge on any atom is 0.224 e. The molecule has 0 unspecified atom stereocenters. The van der Waals surface area contributed by atoms with Gasteiger partial charge in [0, 0.05) is 16.8 Å². The fourth-order valence-electron chi connectivity index (χ4n) is 5.75. The summed E-state index contributed by atoms with van der Waals surface area (Å²) >= 11 is 0. The largest absolute Gasteiger partial charge is 0.307 e. The molecule has 0 bridgehead atoms. The molecule has 3 aromatic heterocycles. The van der Waals surface area contributed by atoms with E-state index in [-0.39, 0.29) is 0 Å². The minimum Gasteiger partial charge on any atom is -0.307 e. The third kappa shape index (κ3) is 2.12. The number of para-hydroxylation sites is 1. The van der Waals surface area contributed by atoms with Crippen molar-refractivity contribution in [1.82, 2.24) is 4.40 Å². The highest BCUT2D eigenvalue weighted by Gasteiger charge is 2.31. The first-order valence-corrected chi connectivity index (χ1v) is 11.2. The van der Waals surface area contributed by atoms with Crippen LogP contribution in [0.2, 0.25) is 0 Å². The lowest BCUT2D eigenvalue weighted by molar-refractivity contribution is -0.643. The summed E-state index contributed by atoms with van der Waals surface area (Å²) < 4.78 is 4.73. The molecule has 0 spiro atoms. The van der Waals surface area contributed by atoms with Crippen LogP contribution in [0.3, 0.4) is 0 Å². The molecule has 0 radical (unpaired) electrons. The van der Waals surface area contributed by atoms with Gasteiger partial charge in [-0.15, -0.1) is 0 Å². The molecule has 0 aliphatic heterocycles. The summed E-state index contributed by atoms with van der Waals surface area (Å²) in [5, 5.41) is 16.3. The Hall–Kier alpha value is -3.64. The predicted octanol–water partition coefficient (Wildman–Crippen LogP) is 6.54. The van der Waals surface area contributed by atoms with E-state index in [4.69, 9.17) is 0 Å². The number of hydrogen-bond acceptors (Lipinski definition) is 1. The van der Waals surface area contributed by atoms with Gasteiger partial charge in [0.05, 0.1) is 38.8 Å². The number of rotatable bonds is 1. The van der Waals surface area contributed by atoms with Crippen molar-refractivity contribution in [3.63, 3.8) is 0 Å². The van der Waals surface area contributed by atoms with E-state index in [2.05, 4.69) is 91.5 Å². The molecule has 3 heterocycles. The highest BCUT2D eigenvalue weighted by molar-refractivity contribution is 6.28. The van der Waals surface area contributed by atoms with E-state index in [1.165, 1.54) is 65.7 Å². The number of fused-ring (bicyclic) bond motifs is 6. The van der Waals surface area contributed by atoms with Crippen LogP contribution < -0.4 is 4.57 Å². The quantitative estimate of drug-likeness (QED) is 0.170. The fraction of sp³-hybridized carbons (Fsp3) is 0.241. The van der Waals surface area contributed by atoms with Crippen molar-refractivity contribution in [3.05, 3.63) is 70.9 Å². The highest BCUT2D eigenvalue weighted by atomic mass is 15.0. The van der Waals surface area contributed by atoms with Crippen LogP contribution in [0.15, 0.2) is 48.7 Å². The summed E-state index contributed by atoms with van der Waals surface area (Å²) in [7, 11) is 2.15. The van der Waals surface area contributed by atoms with Crippen LogP contribution in [0, 0.1) is 32.1 Å². The molecule has 0 N–H and O–H groups in total. The van der Waals surface area contributed by atoms with Crippen molar-refractivity contribution in [3.8, 4) is 6.07 Å². The smallest absolute Gasteiger partial charge is 0.224 e. The van der Waals surface area contributed by atoms with E-state index in [1.54, 1.807) is 0 Å². The summed E-state index contributed by atoms with van der Waals surface area (Å²) in [5.41, 5.74) is 9.38. The standard InChI is InChI=1S/C29H26N3/c1-16-13-17(2)26-23(18(16)3)27-24-19(11-12-31(27)6)14-21(29(4,5)15-30)25-20-9-7-8-10-22(20)32(26)28(24)25/h7-14H,1-6H3/q+1. The third-order valence-corrected chi connectivity index (χ3v) is 7.46. The van der Waals surface area contributed by atoms with Crippen molar-refractivity contribution in [2.24, 2.45) is 7.05 Å². The maximum absolute atomic E-state index is 10.1. The van der Waals surface area contributed by atoms with Crippen LogP contribution in [-0.2, 0) is 12.5 Å². The summed E-state index contributed by atoms with van der Waals surface area (Å²) in [6.07, 6.45) is 2.16. The van der Waals surface area contributed by atoms with Crippen molar-refractivity contribution in [2.45, 2.75) is 40.0 Å². The SMILES string of the molecule is Cc1cc(C)c2c(c1C)c1c3c(cc[n+]1C)cc(C(C)(C)C#N)c1c4ccccc4n2c13. The number of nitriles is 1. The van der Waals surface area contributed by atoms with Crippen LogP contribution in [0.5, 0.6) is 0 Å². The van der Waals surface area contributed by atoms with Crippen LogP contribution in [0.25, 0.3) is 49.0 Å². The Labute approximate surface area is 187 Å². The van der Waals surface area contributed by atoms with Crippen LogP contribution in [-0.4, -0.2) is 4.40 Å². The van der Waals surface area contributed by atoms with Gasteiger partial charge in [0.25, 0.3) is 0 Å². The first kappa shape index (κ1) is 19.1. The number of nitrogens with zero attached hydrogens (tertiary/aromatic N) is 3. The predicted molar refractivity (Wildman–Crippen MR) is 133 cm³/mol. The molecular formula is C29H26N3+. The van der Waals surface area contributed by atoms with E-state index in [0.29, 0.717) is 0 Å². The van der Waals surface area contributed by atoms with Crippen molar-refractivity contribution in [1.29, 1.82) is 5.26 Å². The second-order valence-corrected chi connectivity index (χ2v) is 9.84. The van der Waals surface area contributed by atoms with E-state index in [0.717, 1.165) is 5.56 Å². The number of pyridine rings is 2. The number of aromatic nitrogens is 2. The number of benzene rings is 3. The Balaban J connectivity index is 2.14. The molecule has 0 aliphatic rings. The van der Waals surface area contributed by atoms with Crippen molar-refractivity contribution in [2.75, 3.05) is 0 Å². The van der Waals surface area contributed by atoms with E-state index < -0.39 is 5.41 Å². The summed E-state index contributed by atoms with van der Waals surface area (Å²) in [4.78, 5) is 0. The monoisotopic (exact) mass is 416 g/mol. The van der Waals surface area contributed by atoms with Gasteiger partial charge in [-0.3, -0.25) is 0 Å². The second-order valence-electron chi connectivity index (χ2n) is 9.84. The zero-order valence-electron chi connectivity index (χ0n) is 19.5. The summed E-state index contributed by atoms with van der Waals surface area (Å²) in [6, 6.07) is 18.0. The minimum atomic E-state index is -0.597. The Morgan fingerprint density at radius 3 is 2.41 bits per heavy atom. The molecule has 3 heteroatoms. The van der Waals surface area contributed by atoms with E-state index in [1.807, 2.05) is 13.8 Å². The zero-order chi connectivity index (χ0) is 22.5. The molecule has 32 heavy (non-hydrogen) atoms. The maximum atomic E-state index is 10.1. The number of hydrogen-bond donors (Lipinski definition) is 0. The lowest BCUT2D eigenvalue weighted by atomic mass is 9.81. The molecule has 6 aromatic rings. The van der Waals surface area contributed by atoms with Crippen molar-refractivity contribution >= 4 is 49.0 Å². The van der Waals surface area contributed by atoms with Gasteiger partial charge >= 0.3 is 0 Å². The molecule has 156 valence electrons. The van der Waals surface area contributed by atoms with Crippen molar-refractivity contribution < 1.29 is 4.57 Å². The minimum absolute atomic E-state index is 0.597. The van der Waals surface area contributed by atoms with Crippen LogP contribution in [0.1, 0.15) is 36.1 Å². The molecule has 6 rings (SSSR count). The van der Waals surface area contributed by atoms with Gasteiger partial charge in [-0.25, -0.2) is 4.57 Å². The topological polar surface area (TPSA) is 32.1 Å². The Morgan fingerprint density at radius 2 is 1.66 bits per heavy atom. The van der Waals surface area contributed by atoms with Crippen LogP contribution in [0.4, 0.5) is 0 Å². The Kier molecular flexibility index (Phi) is 3.57. The first-order chi connectivity index (χ1) is 15.3.